The number of nitrogens with one attached hydrogen (secondary N) is 1. The van der Waals surface area contributed by atoms with Crippen molar-refractivity contribution < 1.29 is 27.9 Å². The molecule has 1 fully saturated rings. The van der Waals surface area contributed by atoms with Crippen LogP contribution in [0.4, 0.5) is 13.2 Å². The van der Waals surface area contributed by atoms with Crippen molar-refractivity contribution in [3.63, 3.8) is 0 Å². The number of amides is 1. The lowest BCUT2D eigenvalue weighted by Crippen LogP contribution is -2.49. The van der Waals surface area contributed by atoms with Crippen molar-refractivity contribution in [1.29, 1.82) is 0 Å². The molecule has 2 heterocycles. The second-order valence-electron chi connectivity index (χ2n) is 11.8. The molecule has 1 aliphatic rings. The first-order valence-electron chi connectivity index (χ1n) is 14.5. The molecule has 230 valence electrons. The molecule has 2 N–H and O–H groups in total. The van der Waals surface area contributed by atoms with Gasteiger partial charge in [-0.3, -0.25) is 19.3 Å². The average molecular weight is 598 g/mol. The summed E-state index contributed by atoms with van der Waals surface area (Å²) in [6.45, 7) is 8.76. The van der Waals surface area contributed by atoms with Crippen LogP contribution in [0.25, 0.3) is 11.1 Å². The van der Waals surface area contributed by atoms with Crippen LogP contribution < -0.4 is 10.9 Å². The van der Waals surface area contributed by atoms with Crippen LogP contribution in [0, 0.1) is 31.4 Å². The highest BCUT2D eigenvalue weighted by atomic mass is 19.2. The highest BCUT2D eigenvalue weighted by Gasteiger charge is 2.30. The number of rotatable bonds is 12. The number of carbonyl (C=O) groups excluding carboxylic acids is 1. The fourth-order valence-electron chi connectivity index (χ4n) is 5.67. The van der Waals surface area contributed by atoms with Crippen molar-refractivity contribution >= 4 is 11.9 Å². The molecule has 0 saturated carbocycles. The first-order valence-corrected chi connectivity index (χ1v) is 14.5. The van der Waals surface area contributed by atoms with Crippen LogP contribution in [0.2, 0.25) is 0 Å². The zero-order valence-corrected chi connectivity index (χ0v) is 24.9. The minimum Gasteiger partial charge on any atom is -0.481 e. The number of nitrogens with zero attached hydrogens (tertiary/aromatic N) is 2. The van der Waals surface area contributed by atoms with Crippen molar-refractivity contribution in [1.82, 2.24) is 14.8 Å². The maximum atomic E-state index is 15.3. The largest absolute Gasteiger partial charge is 0.481 e. The van der Waals surface area contributed by atoms with Crippen LogP contribution in [-0.2, 0) is 16.0 Å². The van der Waals surface area contributed by atoms with Gasteiger partial charge < -0.3 is 15.0 Å². The van der Waals surface area contributed by atoms with Gasteiger partial charge in [-0.05, 0) is 72.6 Å². The summed E-state index contributed by atoms with van der Waals surface area (Å²) >= 11 is 0. The van der Waals surface area contributed by atoms with Gasteiger partial charge in [0, 0.05) is 37.5 Å². The number of aromatic nitrogens is 1. The van der Waals surface area contributed by atoms with Gasteiger partial charge in [-0.2, -0.15) is 0 Å². The van der Waals surface area contributed by atoms with E-state index in [0.29, 0.717) is 37.2 Å². The number of benzene rings is 2. The molecule has 4 rings (SSSR count). The van der Waals surface area contributed by atoms with Gasteiger partial charge in [0.15, 0.2) is 11.6 Å². The minimum atomic E-state index is -1.41. The van der Waals surface area contributed by atoms with Crippen molar-refractivity contribution in [2.24, 2.45) is 5.92 Å². The molecular weight excluding hydrogens is 559 g/mol. The summed E-state index contributed by atoms with van der Waals surface area (Å²) in [4.78, 5) is 40.6. The Morgan fingerprint density at radius 1 is 1.07 bits per heavy atom. The van der Waals surface area contributed by atoms with E-state index in [0.717, 1.165) is 22.8 Å². The van der Waals surface area contributed by atoms with Crippen molar-refractivity contribution in [3.05, 3.63) is 92.9 Å². The smallest absolute Gasteiger partial charge is 0.305 e. The van der Waals surface area contributed by atoms with Gasteiger partial charge in [0.05, 0.1) is 12.5 Å². The summed E-state index contributed by atoms with van der Waals surface area (Å²) in [5.74, 6) is -4.44. The van der Waals surface area contributed by atoms with E-state index in [1.54, 1.807) is 12.3 Å². The molecule has 0 radical (unpaired) electrons. The van der Waals surface area contributed by atoms with Gasteiger partial charge in [0.25, 0.3) is 5.56 Å². The van der Waals surface area contributed by atoms with Crippen LogP contribution >= 0.6 is 0 Å². The summed E-state index contributed by atoms with van der Waals surface area (Å²) in [7, 11) is 0. The lowest BCUT2D eigenvalue weighted by atomic mass is 9.92. The standard InChI is InChI=1S/C33H38F3N3O4/c1-19(2)12-28(39-16-22(8-9-29(39)40)10-11-38-17-24(34)18-38)33(43)37-27(15-30(41)42)25-13-23(14-26(35)32(25)36)31-20(3)6-5-7-21(31)4/h5-9,13-14,16,19,24,27-28H,10-12,15,17-18H2,1-4H3,(H,37,43)(H,41,42)/t27-,28?/m0/s1. The highest BCUT2D eigenvalue weighted by molar-refractivity contribution is 5.82. The van der Waals surface area contributed by atoms with Crippen LogP contribution in [-0.4, -0.2) is 52.3 Å². The van der Waals surface area contributed by atoms with Gasteiger partial charge in [-0.1, -0.05) is 38.1 Å². The Balaban J connectivity index is 1.68. The molecule has 0 spiro atoms. The Hall–Kier alpha value is -3.92. The molecule has 1 aliphatic heterocycles. The zero-order valence-electron chi connectivity index (χ0n) is 24.9. The number of hydrogen-bond donors (Lipinski definition) is 2. The lowest BCUT2D eigenvalue weighted by Gasteiger charge is -2.34. The Morgan fingerprint density at radius 2 is 1.74 bits per heavy atom. The Morgan fingerprint density at radius 3 is 2.35 bits per heavy atom. The number of aliphatic carboxylic acids is 1. The number of hydrogen-bond acceptors (Lipinski definition) is 4. The number of pyridine rings is 1. The Bertz CT molecular complexity index is 1530. The molecule has 1 amide bonds. The van der Waals surface area contributed by atoms with E-state index in [2.05, 4.69) is 5.32 Å². The third-order valence-corrected chi connectivity index (χ3v) is 7.86. The van der Waals surface area contributed by atoms with Crippen LogP contribution in [0.3, 0.4) is 0 Å². The van der Waals surface area contributed by atoms with E-state index < -0.39 is 53.7 Å². The van der Waals surface area contributed by atoms with Crippen LogP contribution in [0.15, 0.2) is 53.5 Å². The first-order chi connectivity index (χ1) is 20.3. The number of halogens is 3. The van der Waals surface area contributed by atoms with E-state index in [1.165, 1.54) is 16.7 Å². The normalized spacial score (nSPS) is 15.3. The number of alkyl halides is 1. The monoisotopic (exact) mass is 597 g/mol. The third kappa shape index (κ3) is 7.73. The SMILES string of the molecule is Cc1cccc(C)c1-c1cc(F)c(F)c([C@H](CC(=O)O)NC(=O)C(CC(C)C)n2cc(CCN3CC(F)C3)ccc2=O)c1. The molecule has 0 bridgehead atoms. The summed E-state index contributed by atoms with van der Waals surface area (Å²) in [6, 6.07) is 8.56. The molecule has 0 aliphatic carbocycles. The topological polar surface area (TPSA) is 91.6 Å². The third-order valence-electron chi connectivity index (χ3n) is 7.86. The number of likely N-dealkylation sites (tertiary alicyclic amines) is 1. The molecule has 2 atom stereocenters. The second kappa shape index (κ2) is 13.6. The Kier molecular flexibility index (Phi) is 10.1. The average Bonchev–Trinajstić information content (AvgIpc) is 2.91. The summed E-state index contributed by atoms with van der Waals surface area (Å²) in [6.07, 6.45) is 0.846. The van der Waals surface area contributed by atoms with Gasteiger partial charge in [-0.25, -0.2) is 13.2 Å². The van der Waals surface area contributed by atoms with Gasteiger partial charge >= 0.3 is 5.97 Å². The fourth-order valence-corrected chi connectivity index (χ4v) is 5.67. The number of carbonyl (C=O) groups is 2. The van der Waals surface area contributed by atoms with Gasteiger partial charge in [0.1, 0.15) is 12.2 Å². The highest BCUT2D eigenvalue weighted by Crippen LogP contribution is 2.33. The van der Waals surface area contributed by atoms with Crippen molar-refractivity contribution in [2.75, 3.05) is 19.6 Å². The summed E-state index contributed by atoms with van der Waals surface area (Å²) in [5, 5.41) is 12.3. The first kappa shape index (κ1) is 32.0. The molecule has 1 aromatic heterocycles. The van der Waals surface area contributed by atoms with E-state index in [9.17, 15) is 28.3 Å². The Labute approximate surface area is 249 Å². The van der Waals surface area contributed by atoms with Crippen molar-refractivity contribution in [2.45, 2.75) is 65.2 Å². The molecule has 2 aromatic carbocycles. The number of aryl methyl sites for hydroxylation is 2. The van der Waals surface area contributed by atoms with E-state index in [-0.39, 0.29) is 17.9 Å². The minimum absolute atomic E-state index is 0.0339. The van der Waals surface area contributed by atoms with Crippen molar-refractivity contribution in [3.8, 4) is 11.1 Å². The molecule has 1 saturated heterocycles. The molecule has 10 heteroatoms. The van der Waals surface area contributed by atoms with Crippen LogP contribution in [0.1, 0.15) is 61.0 Å². The molecule has 43 heavy (non-hydrogen) atoms. The molecule has 1 unspecified atom stereocenters. The maximum absolute atomic E-state index is 15.3. The molecular formula is C33H38F3N3O4. The predicted molar refractivity (Wildman–Crippen MR) is 159 cm³/mol. The maximum Gasteiger partial charge on any atom is 0.305 e. The zero-order chi connectivity index (χ0) is 31.4. The quantitative estimate of drug-likeness (QED) is 0.287. The molecule has 3 aromatic rings. The number of carboxylic acids is 1. The van der Waals surface area contributed by atoms with E-state index >= 15 is 4.39 Å². The van der Waals surface area contributed by atoms with E-state index in [4.69, 9.17) is 0 Å². The molecule has 7 nitrogen and oxygen atoms in total. The summed E-state index contributed by atoms with van der Waals surface area (Å²) < 4.78 is 44.8. The fraction of sp³-hybridized carbons (Fsp3) is 0.424. The van der Waals surface area contributed by atoms with Crippen LogP contribution in [0.5, 0.6) is 0 Å². The number of carboxylic acid groups (broad SMARTS) is 1. The van der Waals surface area contributed by atoms with Gasteiger partial charge in [-0.15, -0.1) is 0 Å². The summed E-state index contributed by atoms with van der Waals surface area (Å²) in [5.41, 5.74) is 2.75. The van der Waals surface area contributed by atoms with Gasteiger partial charge in [0.2, 0.25) is 5.91 Å². The lowest BCUT2D eigenvalue weighted by molar-refractivity contribution is -0.138. The predicted octanol–water partition coefficient (Wildman–Crippen LogP) is 5.53. The second-order valence-corrected chi connectivity index (χ2v) is 11.8. The van der Waals surface area contributed by atoms with E-state index in [1.807, 2.05) is 50.8 Å².